The Hall–Kier alpha value is -0.660. The van der Waals surface area contributed by atoms with Crippen LogP contribution in [0.5, 0.6) is 0 Å². The molecule has 1 saturated heterocycles. The molecule has 130 valence electrons. The van der Waals surface area contributed by atoms with E-state index in [1.165, 1.54) is 23.4 Å². The standard InChI is InChI=1S/C15H31N3O3S/c1-4-5-6-8-14(2)16-15(19)13-17-9-7-10-18(12-11-17)22(3,20)21/h14H,4-13H2,1-3H3,(H,16,19). The van der Waals surface area contributed by atoms with Gasteiger partial charge in [-0.2, -0.15) is 0 Å². The summed E-state index contributed by atoms with van der Waals surface area (Å²) in [7, 11) is -3.13. The molecule has 0 aromatic rings. The summed E-state index contributed by atoms with van der Waals surface area (Å²) in [5.41, 5.74) is 0. The highest BCUT2D eigenvalue weighted by atomic mass is 32.2. The zero-order valence-electron chi connectivity index (χ0n) is 14.2. The molecule has 1 N–H and O–H groups in total. The molecule has 1 aliphatic rings. The van der Waals surface area contributed by atoms with E-state index in [1.807, 2.05) is 11.8 Å². The molecule has 1 unspecified atom stereocenters. The first-order valence-electron chi connectivity index (χ1n) is 8.29. The molecule has 22 heavy (non-hydrogen) atoms. The van der Waals surface area contributed by atoms with Gasteiger partial charge in [0.15, 0.2) is 0 Å². The van der Waals surface area contributed by atoms with Crippen LogP contribution in [-0.2, 0) is 14.8 Å². The number of nitrogens with zero attached hydrogens (tertiary/aromatic N) is 2. The number of carbonyl (C=O) groups excluding carboxylic acids is 1. The number of unbranched alkanes of at least 4 members (excludes halogenated alkanes) is 2. The van der Waals surface area contributed by atoms with Crippen LogP contribution in [0.15, 0.2) is 0 Å². The van der Waals surface area contributed by atoms with Gasteiger partial charge in [-0.15, -0.1) is 0 Å². The minimum absolute atomic E-state index is 0.0387. The Balaban J connectivity index is 2.33. The molecule has 0 spiro atoms. The average Bonchev–Trinajstić information content (AvgIpc) is 2.64. The minimum Gasteiger partial charge on any atom is -0.353 e. The number of amides is 1. The van der Waals surface area contributed by atoms with Gasteiger partial charge in [-0.05, 0) is 26.3 Å². The molecule has 1 amide bonds. The summed E-state index contributed by atoms with van der Waals surface area (Å²) in [5.74, 6) is 0.0387. The molecule has 7 heteroatoms. The molecule has 0 saturated carbocycles. The Morgan fingerprint density at radius 3 is 2.55 bits per heavy atom. The SMILES string of the molecule is CCCCCC(C)NC(=O)CN1CCCN(S(C)(=O)=O)CC1. The zero-order chi connectivity index (χ0) is 16.6. The lowest BCUT2D eigenvalue weighted by Gasteiger charge is -2.21. The number of carbonyl (C=O) groups is 1. The summed E-state index contributed by atoms with van der Waals surface area (Å²) in [5, 5.41) is 3.04. The summed E-state index contributed by atoms with van der Waals surface area (Å²) in [6.07, 6.45) is 6.56. The largest absolute Gasteiger partial charge is 0.353 e. The predicted molar refractivity (Wildman–Crippen MR) is 89.2 cm³/mol. The van der Waals surface area contributed by atoms with Crippen LogP contribution in [0.3, 0.4) is 0 Å². The van der Waals surface area contributed by atoms with Crippen LogP contribution in [0.2, 0.25) is 0 Å². The second-order valence-electron chi connectivity index (χ2n) is 6.26. The van der Waals surface area contributed by atoms with Crippen LogP contribution in [0.1, 0.15) is 46.0 Å². The van der Waals surface area contributed by atoms with Crippen molar-refractivity contribution in [3.05, 3.63) is 0 Å². The second kappa shape index (κ2) is 9.47. The highest BCUT2D eigenvalue weighted by molar-refractivity contribution is 7.88. The van der Waals surface area contributed by atoms with E-state index in [0.717, 1.165) is 25.8 Å². The molecule has 6 nitrogen and oxygen atoms in total. The van der Waals surface area contributed by atoms with Gasteiger partial charge in [0.05, 0.1) is 12.8 Å². The second-order valence-corrected chi connectivity index (χ2v) is 8.24. The molecule has 0 bridgehead atoms. The van der Waals surface area contributed by atoms with Crippen molar-refractivity contribution >= 4 is 15.9 Å². The van der Waals surface area contributed by atoms with Crippen molar-refractivity contribution in [3.63, 3.8) is 0 Å². The predicted octanol–water partition coefficient (Wildman–Crippen LogP) is 1.04. The van der Waals surface area contributed by atoms with E-state index in [4.69, 9.17) is 0 Å². The van der Waals surface area contributed by atoms with Crippen molar-refractivity contribution in [3.8, 4) is 0 Å². The zero-order valence-corrected chi connectivity index (χ0v) is 15.0. The number of rotatable bonds is 8. The summed E-state index contributed by atoms with van der Waals surface area (Å²) < 4.78 is 24.6. The van der Waals surface area contributed by atoms with Crippen LogP contribution < -0.4 is 5.32 Å². The van der Waals surface area contributed by atoms with Gasteiger partial charge in [-0.1, -0.05) is 26.2 Å². The van der Waals surface area contributed by atoms with Crippen molar-refractivity contribution in [1.29, 1.82) is 0 Å². The van der Waals surface area contributed by atoms with E-state index < -0.39 is 10.0 Å². The third-order valence-corrected chi connectivity index (χ3v) is 5.33. The smallest absolute Gasteiger partial charge is 0.234 e. The monoisotopic (exact) mass is 333 g/mol. The van der Waals surface area contributed by atoms with Gasteiger partial charge in [0, 0.05) is 25.7 Å². The number of nitrogens with one attached hydrogen (secondary N) is 1. The topological polar surface area (TPSA) is 69.7 Å². The van der Waals surface area contributed by atoms with Gasteiger partial charge in [-0.3, -0.25) is 9.69 Å². The van der Waals surface area contributed by atoms with Crippen molar-refractivity contribution in [1.82, 2.24) is 14.5 Å². The summed E-state index contributed by atoms with van der Waals surface area (Å²) in [6.45, 7) is 6.97. The molecule has 0 aromatic heterocycles. The van der Waals surface area contributed by atoms with Crippen molar-refractivity contribution in [2.24, 2.45) is 0 Å². The normalized spacial score (nSPS) is 19.6. The Kier molecular flexibility index (Phi) is 8.35. The molecule has 1 rings (SSSR count). The molecular weight excluding hydrogens is 302 g/mol. The molecule has 1 aliphatic heterocycles. The molecular formula is C15H31N3O3S. The first kappa shape index (κ1) is 19.4. The Morgan fingerprint density at radius 1 is 1.18 bits per heavy atom. The van der Waals surface area contributed by atoms with Gasteiger partial charge in [-0.25, -0.2) is 12.7 Å². The van der Waals surface area contributed by atoms with Crippen molar-refractivity contribution in [2.75, 3.05) is 39.0 Å². The quantitative estimate of drug-likeness (QED) is 0.674. The maximum Gasteiger partial charge on any atom is 0.234 e. The van der Waals surface area contributed by atoms with E-state index in [1.54, 1.807) is 0 Å². The third kappa shape index (κ3) is 7.56. The lowest BCUT2D eigenvalue weighted by atomic mass is 10.1. The lowest BCUT2D eigenvalue weighted by molar-refractivity contribution is -0.122. The minimum atomic E-state index is -3.13. The summed E-state index contributed by atoms with van der Waals surface area (Å²) in [4.78, 5) is 14.1. The molecule has 0 aromatic carbocycles. The lowest BCUT2D eigenvalue weighted by Crippen LogP contribution is -2.42. The fourth-order valence-corrected chi connectivity index (χ4v) is 3.61. The summed E-state index contributed by atoms with van der Waals surface area (Å²) in [6, 6.07) is 0.207. The molecule has 1 atom stereocenters. The van der Waals surface area contributed by atoms with Gasteiger partial charge in [0.2, 0.25) is 15.9 Å². The Bertz CT molecular complexity index is 439. The fourth-order valence-electron chi connectivity index (χ4n) is 2.73. The van der Waals surface area contributed by atoms with E-state index in [0.29, 0.717) is 26.2 Å². The van der Waals surface area contributed by atoms with Gasteiger partial charge >= 0.3 is 0 Å². The fraction of sp³-hybridized carbons (Fsp3) is 0.933. The van der Waals surface area contributed by atoms with Gasteiger partial charge < -0.3 is 5.32 Å². The van der Waals surface area contributed by atoms with E-state index >= 15 is 0 Å². The third-order valence-electron chi connectivity index (χ3n) is 4.03. The van der Waals surface area contributed by atoms with Crippen LogP contribution >= 0.6 is 0 Å². The van der Waals surface area contributed by atoms with Crippen LogP contribution in [-0.4, -0.2) is 68.6 Å². The van der Waals surface area contributed by atoms with Gasteiger partial charge in [0.25, 0.3) is 0 Å². The van der Waals surface area contributed by atoms with Crippen molar-refractivity contribution in [2.45, 2.75) is 52.0 Å². The number of hydrogen-bond donors (Lipinski definition) is 1. The van der Waals surface area contributed by atoms with Crippen LogP contribution in [0.25, 0.3) is 0 Å². The van der Waals surface area contributed by atoms with Crippen molar-refractivity contribution < 1.29 is 13.2 Å². The highest BCUT2D eigenvalue weighted by Gasteiger charge is 2.22. The summed E-state index contributed by atoms with van der Waals surface area (Å²) >= 11 is 0. The molecule has 1 fully saturated rings. The first-order valence-corrected chi connectivity index (χ1v) is 10.1. The van der Waals surface area contributed by atoms with Crippen LogP contribution in [0.4, 0.5) is 0 Å². The number of hydrogen-bond acceptors (Lipinski definition) is 4. The Morgan fingerprint density at radius 2 is 1.91 bits per heavy atom. The molecule has 1 heterocycles. The van der Waals surface area contributed by atoms with Gasteiger partial charge in [0.1, 0.15) is 0 Å². The van der Waals surface area contributed by atoms with E-state index in [2.05, 4.69) is 12.2 Å². The number of sulfonamides is 1. The highest BCUT2D eigenvalue weighted by Crippen LogP contribution is 2.07. The van der Waals surface area contributed by atoms with E-state index in [9.17, 15) is 13.2 Å². The molecule has 0 radical (unpaired) electrons. The maximum atomic E-state index is 12.1. The van der Waals surface area contributed by atoms with Crippen LogP contribution in [0, 0.1) is 0 Å². The average molecular weight is 333 g/mol. The Labute approximate surface area is 135 Å². The van der Waals surface area contributed by atoms with E-state index in [-0.39, 0.29) is 11.9 Å². The first-order chi connectivity index (χ1) is 10.3. The maximum absolute atomic E-state index is 12.1. The molecule has 0 aliphatic carbocycles.